The van der Waals surface area contributed by atoms with Crippen molar-refractivity contribution in [3.8, 4) is 17.3 Å². The molecule has 0 fully saturated rings. The van der Waals surface area contributed by atoms with Crippen LogP contribution in [-0.2, 0) is 0 Å². The molecule has 3 nitrogen and oxygen atoms in total. The molecule has 3 rings (SSSR count). The molecule has 2 aromatic carbocycles. The zero-order chi connectivity index (χ0) is 17.8. The van der Waals surface area contributed by atoms with E-state index in [0.717, 1.165) is 22.0 Å². The Hall–Kier alpha value is -2.90. The van der Waals surface area contributed by atoms with Gasteiger partial charge in [-0.25, -0.2) is 4.98 Å². The van der Waals surface area contributed by atoms with Crippen LogP contribution in [0.25, 0.3) is 16.8 Å². The van der Waals surface area contributed by atoms with E-state index in [-0.39, 0.29) is 0 Å². The van der Waals surface area contributed by atoms with Crippen molar-refractivity contribution in [1.29, 1.82) is 5.26 Å². The fraction of sp³-hybridized carbons (Fsp3) is 0.143. The van der Waals surface area contributed by atoms with Gasteiger partial charge in [-0.2, -0.15) is 5.26 Å². The SMILES string of the molecule is Cc1ccc(N/C=C(\C#N)c2nc(-c3ccc(C)cc3C)cs2)cc1. The fourth-order valence-corrected chi connectivity index (χ4v) is 3.35. The molecular weight excluding hydrogens is 326 g/mol. The molecule has 0 unspecified atom stereocenters. The number of aryl methyl sites for hydroxylation is 3. The van der Waals surface area contributed by atoms with Crippen LogP contribution in [0, 0.1) is 32.1 Å². The van der Waals surface area contributed by atoms with Gasteiger partial charge in [0.05, 0.1) is 5.69 Å². The minimum Gasteiger partial charge on any atom is -0.360 e. The van der Waals surface area contributed by atoms with Gasteiger partial charge in [-0.15, -0.1) is 11.3 Å². The summed E-state index contributed by atoms with van der Waals surface area (Å²) in [6.07, 6.45) is 1.72. The standard InChI is InChI=1S/C21H19N3S/c1-14-4-7-18(8-5-14)23-12-17(11-22)21-24-20(13-25-21)19-9-6-15(2)10-16(19)3/h4-10,12-13,23H,1-3H3/b17-12+. The smallest absolute Gasteiger partial charge is 0.136 e. The van der Waals surface area contributed by atoms with Crippen LogP contribution in [-0.4, -0.2) is 4.98 Å². The molecule has 124 valence electrons. The minimum absolute atomic E-state index is 0.529. The molecule has 0 amide bonds. The molecule has 3 aromatic rings. The van der Waals surface area contributed by atoms with Gasteiger partial charge in [-0.1, -0.05) is 41.5 Å². The summed E-state index contributed by atoms with van der Waals surface area (Å²) in [5, 5.41) is 15.4. The Labute approximate surface area is 152 Å². The first-order valence-electron chi connectivity index (χ1n) is 8.04. The summed E-state index contributed by atoms with van der Waals surface area (Å²) < 4.78 is 0. The van der Waals surface area contributed by atoms with Gasteiger partial charge in [0.1, 0.15) is 16.6 Å². The van der Waals surface area contributed by atoms with Gasteiger partial charge >= 0.3 is 0 Å². The maximum absolute atomic E-state index is 9.48. The molecule has 0 aliphatic heterocycles. The van der Waals surface area contributed by atoms with Crippen LogP contribution in [0.2, 0.25) is 0 Å². The number of hydrogen-bond acceptors (Lipinski definition) is 4. The van der Waals surface area contributed by atoms with Crippen molar-refractivity contribution in [3.05, 3.63) is 75.7 Å². The highest BCUT2D eigenvalue weighted by Gasteiger charge is 2.10. The van der Waals surface area contributed by atoms with Gasteiger partial charge in [0.2, 0.25) is 0 Å². The molecule has 0 aliphatic rings. The largest absolute Gasteiger partial charge is 0.360 e. The third-order valence-electron chi connectivity index (χ3n) is 3.95. The van der Waals surface area contributed by atoms with Crippen LogP contribution in [0.4, 0.5) is 5.69 Å². The van der Waals surface area contributed by atoms with Crippen molar-refractivity contribution in [3.63, 3.8) is 0 Å². The van der Waals surface area contributed by atoms with E-state index in [2.05, 4.69) is 48.4 Å². The quantitative estimate of drug-likeness (QED) is 0.616. The van der Waals surface area contributed by atoms with Crippen LogP contribution in [0.15, 0.2) is 54.0 Å². The molecule has 0 atom stereocenters. The zero-order valence-corrected chi connectivity index (χ0v) is 15.3. The summed E-state index contributed by atoms with van der Waals surface area (Å²) in [6.45, 7) is 6.21. The van der Waals surface area contributed by atoms with E-state index in [1.165, 1.54) is 28.0 Å². The first kappa shape index (κ1) is 16.9. The van der Waals surface area contributed by atoms with Crippen molar-refractivity contribution in [1.82, 2.24) is 4.98 Å². The van der Waals surface area contributed by atoms with Gasteiger partial charge in [-0.05, 0) is 38.5 Å². The number of benzene rings is 2. The highest BCUT2D eigenvalue weighted by molar-refractivity contribution is 7.11. The topological polar surface area (TPSA) is 48.7 Å². The van der Waals surface area contributed by atoms with Crippen LogP contribution >= 0.6 is 11.3 Å². The van der Waals surface area contributed by atoms with E-state index >= 15 is 0 Å². The first-order chi connectivity index (χ1) is 12.1. The molecule has 1 N–H and O–H groups in total. The lowest BCUT2D eigenvalue weighted by Crippen LogP contribution is -1.91. The molecule has 1 heterocycles. The highest BCUT2D eigenvalue weighted by Crippen LogP contribution is 2.28. The minimum atomic E-state index is 0.529. The van der Waals surface area contributed by atoms with Gasteiger partial charge in [0, 0.05) is 22.8 Å². The predicted molar refractivity (Wildman–Crippen MR) is 105 cm³/mol. The lowest BCUT2D eigenvalue weighted by molar-refractivity contribution is 1.32. The maximum atomic E-state index is 9.48. The number of hydrogen-bond donors (Lipinski definition) is 1. The normalized spacial score (nSPS) is 11.2. The van der Waals surface area contributed by atoms with Crippen molar-refractivity contribution in [2.75, 3.05) is 5.32 Å². The van der Waals surface area contributed by atoms with E-state index in [0.29, 0.717) is 5.57 Å². The number of allylic oxidation sites excluding steroid dienone is 1. The van der Waals surface area contributed by atoms with Gasteiger partial charge in [0.15, 0.2) is 0 Å². The second-order valence-corrected chi connectivity index (χ2v) is 6.89. The van der Waals surface area contributed by atoms with E-state index in [4.69, 9.17) is 0 Å². The fourth-order valence-electron chi connectivity index (χ4n) is 2.57. The number of aromatic nitrogens is 1. The Morgan fingerprint density at radius 2 is 1.80 bits per heavy atom. The van der Waals surface area contributed by atoms with E-state index in [9.17, 15) is 5.26 Å². The number of rotatable bonds is 4. The van der Waals surface area contributed by atoms with Crippen molar-refractivity contribution >= 4 is 22.6 Å². The van der Waals surface area contributed by atoms with Crippen molar-refractivity contribution in [2.24, 2.45) is 0 Å². The van der Waals surface area contributed by atoms with Crippen LogP contribution in [0.5, 0.6) is 0 Å². The lowest BCUT2D eigenvalue weighted by atomic mass is 10.0. The van der Waals surface area contributed by atoms with E-state index in [1.54, 1.807) is 6.20 Å². The molecule has 4 heteroatoms. The molecule has 0 bridgehead atoms. The summed E-state index contributed by atoms with van der Waals surface area (Å²) in [5.41, 5.74) is 7.12. The van der Waals surface area contributed by atoms with Gasteiger partial charge in [-0.3, -0.25) is 0 Å². The monoisotopic (exact) mass is 345 g/mol. The second-order valence-electron chi connectivity index (χ2n) is 6.04. The predicted octanol–water partition coefficient (Wildman–Crippen LogP) is 5.71. The molecule has 0 spiro atoms. The Balaban J connectivity index is 1.85. The lowest BCUT2D eigenvalue weighted by Gasteiger charge is -2.03. The summed E-state index contributed by atoms with van der Waals surface area (Å²) in [5.74, 6) is 0. The summed E-state index contributed by atoms with van der Waals surface area (Å²) in [6, 6.07) is 16.6. The summed E-state index contributed by atoms with van der Waals surface area (Å²) >= 11 is 1.49. The van der Waals surface area contributed by atoms with E-state index < -0.39 is 0 Å². The molecular formula is C21H19N3S. The van der Waals surface area contributed by atoms with Crippen molar-refractivity contribution < 1.29 is 0 Å². The van der Waals surface area contributed by atoms with Gasteiger partial charge < -0.3 is 5.32 Å². The number of nitriles is 1. The van der Waals surface area contributed by atoms with Crippen LogP contribution < -0.4 is 5.32 Å². The van der Waals surface area contributed by atoms with E-state index in [1.807, 2.05) is 36.6 Å². The zero-order valence-electron chi connectivity index (χ0n) is 14.5. The third-order valence-corrected chi connectivity index (χ3v) is 4.82. The molecule has 25 heavy (non-hydrogen) atoms. The summed E-state index contributed by atoms with van der Waals surface area (Å²) in [4.78, 5) is 4.66. The van der Waals surface area contributed by atoms with Crippen LogP contribution in [0.3, 0.4) is 0 Å². The molecule has 0 aliphatic carbocycles. The first-order valence-corrected chi connectivity index (χ1v) is 8.92. The average molecular weight is 345 g/mol. The number of thiazole rings is 1. The Bertz CT molecular complexity index is 960. The second kappa shape index (κ2) is 7.33. The maximum Gasteiger partial charge on any atom is 0.136 e. The number of anilines is 1. The van der Waals surface area contributed by atoms with Gasteiger partial charge in [0.25, 0.3) is 0 Å². The molecule has 0 radical (unpaired) electrons. The Morgan fingerprint density at radius 1 is 1.08 bits per heavy atom. The summed E-state index contributed by atoms with van der Waals surface area (Å²) in [7, 11) is 0. The third kappa shape index (κ3) is 3.96. The Kier molecular flexibility index (Phi) is 4.97. The molecule has 0 saturated heterocycles. The van der Waals surface area contributed by atoms with Crippen LogP contribution in [0.1, 0.15) is 21.7 Å². The Morgan fingerprint density at radius 3 is 2.48 bits per heavy atom. The molecule has 1 aromatic heterocycles. The average Bonchev–Trinajstić information content (AvgIpc) is 3.06. The number of nitrogens with one attached hydrogen (secondary N) is 1. The number of nitrogens with zero attached hydrogens (tertiary/aromatic N) is 2. The molecule has 0 saturated carbocycles. The highest BCUT2D eigenvalue weighted by atomic mass is 32.1. The van der Waals surface area contributed by atoms with Crippen molar-refractivity contribution in [2.45, 2.75) is 20.8 Å².